The van der Waals surface area contributed by atoms with Crippen LogP contribution in [0.25, 0.3) is 0 Å². The minimum atomic E-state index is -0.936. The van der Waals surface area contributed by atoms with Gasteiger partial charge in [0.1, 0.15) is 5.76 Å². The maximum Gasteiger partial charge on any atom is 0.287 e. The average molecular weight is 213 g/mol. The van der Waals surface area contributed by atoms with E-state index in [1.54, 1.807) is 12.1 Å². The molecular weight excluding hydrogens is 198 g/mol. The number of rotatable bonds is 5. The second-order valence-electron chi connectivity index (χ2n) is 3.17. The highest BCUT2D eigenvalue weighted by molar-refractivity contribution is 5.91. The van der Waals surface area contributed by atoms with Crippen LogP contribution in [0.4, 0.5) is 0 Å². The maximum atomic E-state index is 11.4. The van der Waals surface area contributed by atoms with Gasteiger partial charge in [-0.3, -0.25) is 4.79 Å². The minimum Gasteiger partial charge on any atom is -0.456 e. The van der Waals surface area contributed by atoms with Gasteiger partial charge in [-0.05, 0) is 12.1 Å². The number of carbonyl (C=O) groups is 1. The molecule has 84 valence electrons. The number of carbonyl (C=O) groups excluding carboxylic acids is 1. The van der Waals surface area contributed by atoms with Gasteiger partial charge in [-0.15, -0.1) is 0 Å². The molecule has 0 saturated carbocycles. The quantitative estimate of drug-likeness (QED) is 0.639. The lowest BCUT2D eigenvalue weighted by Crippen LogP contribution is -2.33. The molecule has 0 aliphatic rings. The molecular formula is C10H15NO4. The molecule has 1 heterocycles. The van der Waals surface area contributed by atoms with Crippen LogP contribution in [0, 0.1) is 0 Å². The Morgan fingerprint density at radius 2 is 2.33 bits per heavy atom. The molecule has 3 N–H and O–H groups in total. The summed E-state index contributed by atoms with van der Waals surface area (Å²) in [5, 5.41) is 20.0. The van der Waals surface area contributed by atoms with Crippen LogP contribution in [-0.4, -0.2) is 35.4 Å². The number of aliphatic hydroxyl groups excluding tert-OH is 2. The van der Waals surface area contributed by atoms with E-state index in [2.05, 4.69) is 5.32 Å². The summed E-state index contributed by atoms with van der Waals surface area (Å²) in [6.07, 6.45) is -0.207. The van der Waals surface area contributed by atoms with Crippen LogP contribution in [0.15, 0.2) is 16.5 Å². The van der Waals surface area contributed by atoms with Gasteiger partial charge in [0.2, 0.25) is 0 Å². The van der Waals surface area contributed by atoms with Crippen LogP contribution >= 0.6 is 0 Å². The van der Waals surface area contributed by atoms with Gasteiger partial charge in [0, 0.05) is 13.0 Å². The summed E-state index contributed by atoms with van der Waals surface area (Å²) in [6, 6.07) is 3.32. The van der Waals surface area contributed by atoms with E-state index in [1.165, 1.54) is 0 Å². The van der Waals surface area contributed by atoms with Crippen LogP contribution in [0.5, 0.6) is 0 Å². The van der Waals surface area contributed by atoms with Gasteiger partial charge in [0.25, 0.3) is 5.91 Å². The zero-order valence-corrected chi connectivity index (χ0v) is 8.56. The summed E-state index contributed by atoms with van der Waals surface area (Å²) in [6.45, 7) is 1.56. The summed E-state index contributed by atoms with van der Waals surface area (Å²) < 4.78 is 5.20. The fourth-order valence-electron chi connectivity index (χ4n) is 1.05. The number of aryl methyl sites for hydroxylation is 1. The molecule has 0 bridgehead atoms. The molecule has 0 saturated heterocycles. The fraction of sp³-hybridized carbons (Fsp3) is 0.500. The lowest BCUT2D eigenvalue weighted by molar-refractivity contribution is 0.0783. The lowest BCUT2D eigenvalue weighted by atomic mass is 10.3. The van der Waals surface area contributed by atoms with Crippen molar-refractivity contribution < 1.29 is 19.4 Å². The Kier molecular flexibility index (Phi) is 4.33. The molecule has 1 rings (SSSR count). The van der Waals surface area contributed by atoms with Crippen molar-refractivity contribution in [3.63, 3.8) is 0 Å². The first-order valence-corrected chi connectivity index (χ1v) is 4.83. The van der Waals surface area contributed by atoms with Gasteiger partial charge >= 0.3 is 0 Å². The third-order valence-corrected chi connectivity index (χ3v) is 1.94. The molecule has 1 atom stereocenters. The molecule has 0 aromatic carbocycles. The van der Waals surface area contributed by atoms with E-state index < -0.39 is 6.10 Å². The Hall–Kier alpha value is -1.33. The Morgan fingerprint density at radius 1 is 1.60 bits per heavy atom. The van der Waals surface area contributed by atoms with Gasteiger partial charge in [0.15, 0.2) is 5.76 Å². The van der Waals surface area contributed by atoms with Gasteiger partial charge in [0.05, 0.1) is 12.7 Å². The molecule has 0 fully saturated rings. The van der Waals surface area contributed by atoms with Crippen LogP contribution < -0.4 is 5.32 Å². The van der Waals surface area contributed by atoms with Crippen molar-refractivity contribution in [3.8, 4) is 0 Å². The first kappa shape index (κ1) is 11.7. The summed E-state index contributed by atoms with van der Waals surface area (Å²) in [5.74, 6) is 0.571. The molecule has 1 amide bonds. The number of hydrogen-bond donors (Lipinski definition) is 3. The normalized spacial score (nSPS) is 12.5. The maximum absolute atomic E-state index is 11.4. The van der Waals surface area contributed by atoms with Crippen LogP contribution in [0.3, 0.4) is 0 Å². The number of amides is 1. The van der Waals surface area contributed by atoms with E-state index in [0.717, 1.165) is 12.2 Å². The van der Waals surface area contributed by atoms with Crippen molar-refractivity contribution in [2.75, 3.05) is 13.2 Å². The highest BCUT2D eigenvalue weighted by Crippen LogP contribution is 2.07. The standard InChI is InChI=1S/C10H15NO4/c1-2-8-3-4-9(15-8)10(14)11-5-7(13)6-12/h3-4,7,12-13H,2,5-6H2,1H3,(H,11,14). The molecule has 5 nitrogen and oxygen atoms in total. The van der Waals surface area contributed by atoms with E-state index >= 15 is 0 Å². The number of furan rings is 1. The van der Waals surface area contributed by atoms with E-state index in [-0.39, 0.29) is 24.8 Å². The van der Waals surface area contributed by atoms with Crippen LogP contribution in [0.1, 0.15) is 23.2 Å². The van der Waals surface area contributed by atoms with Crippen LogP contribution in [-0.2, 0) is 6.42 Å². The van der Waals surface area contributed by atoms with E-state index in [0.29, 0.717) is 0 Å². The van der Waals surface area contributed by atoms with Crippen molar-refractivity contribution in [1.29, 1.82) is 0 Å². The molecule has 0 aliphatic carbocycles. The third kappa shape index (κ3) is 3.38. The number of aliphatic hydroxyl groups is 2. The zero-order chi connectivity index (χ0) is 11.3. The molecule has 1 aromatic rings. The van der Waals surface area contributed by atoms with Gasteiger partial charge in [-0.25, -0.2) is 0 Å². The average Bonchev–Trinajstić information content (AvgIpc) is 2.73. The molecule has 0 aliphatic heterocycles. The van der Waals surface area contributed by atoms with E-state index in [4.69, 9.17) is 14.6 Å². The third-order valence-electron chi connectivity index (χ3n) is 1.94. The smallest absolute Gasteiger partial charge is 0.287 e. The monoisotopic (exact) mass is 213 g/mol. The first-order chi connectivity index (χ1) is 7.17. The van der Waals surface area contributed by atoms with Crippen molar-refractivity contribution in [2.24, 2.45) is 0 Å². The van der Waals surface area contributed by atoms with Crippen molar-refractivity contribution >= 4 is 5.91 Å². The van der Waals surface area contributed by atoms with Crippen molar-refractivity contribution in [2.45, 2.75) is 19.4 Å². The van der Waals surface area contributed by atoms with Crippen LogP contribution in [0.2, 0.25) is 0 Å². The van der Waals surface area contributed by atoms with E-state index in [1.807, 2.05) is 6.92 Å². The highest BCUT2D eigenvalue weighted by Gasteiger charge is 2.11. The van der Waals surface area contributed by atoms with E-state index in [9.17, 15) is 4.79 Å². The molecule has 0 radical (unpaired) electrons. The summed E-state index contributed by atoms with van der Waals surface area (Å²) in [5.41, 5.74) is 0. The first-order valence-electron chi connectivity index (χ1n) is 4.83. The SMILES string of the molecule is CCc1ccc(C(=O)NCC(O)CO)o1. The molecule has 1 unspecified atom stereocenters. The second-order valence-corrected chi connectivity index (χ2v) is 3.17. The highest BCUT2D eigenvalue weighted by atomic mass is 16.4. The molecule has 1 aromatic heterocycles. The van der Waals surface area contributed by atoms with Gasteiger partial charge in [-0.2, -0.15) is 0 Å². The lowest BCUT2D eigenvalue weighted by Gasteiger charge is -2.07. The topological polar surface area (TPSA) is 82.7 Å². The summed E-state index contributed by atoms with van der Waals surface area (Å²) >= 11 is 0. The predicted molar refractivity (Wildman–Crippen MR) is 53.5 cm³/mol. The summed E-state index contributed by atoms with van der Waals surface area (Å²) in [7, 11) is 0. The largest absolute Gasteiger partial charge is 0.456 e. The molecule has 15 heavy (non-hydrogen) atoms. The Balaban J connectivity index is 2.46. The Labute approximate surface area is 87.7 Å². The predicted octanol–water partition coefficient (Wildman–Crippen LogP) is -0.0750. The van der Waals surface area contributed by atoms with Crippen molar-refractivity contribution in [1.82, 2.24) is 5.32 Å². The number of hydrogen-bond acceptors (Lipinski definition) is 4. The van der Waals surface area contributed by atoms with Crippen molar-refractivity contribution in [3.05, 3.63) is 23.7 Å². The summed E-state index contributed by atoms with van der Waals surface area (Å²) in [4.78, 5) is 11.4. The molecule has 5 heteroatoms. The fourth-order valence-corrected chi connectivity index (χ4v) is 1.05. The zero-order valence-electron chi connectivity index (χ0n) is 8.56. The van der Waals surface area contributed by atoms with Gasteiger partial charge in [-0.1, -0.05) is 6.92 Å². The second kappa shape index (κ2) is 5.53. The number of nitrogens with one attached hydrogen (secondary N) is 1. The molecule has 0 spiro atoms. The Morgan fingerprint density at radius 3 is 2.87 bits per heavy atom. The van der Waals surface area contributed by atoms with Gasteiger partial charge < -0.3 is 19.9 Å². The Bertz CT molecular complexity index is 321. The minimum absolute atomic E-state index is 0.0114.